The number of hydrogen-bond donors (Lipinski definition) is 0. The summed E-state index contributed by atoms with van der Waals surface area (Å²) < 4.78 is 31.6. The summed E-state index contributed by atoms with van der Waals surface area (Å²) in [6, 6.07) is 7.22. The first kappa shape index (κ1) is 14.3. The first-order valence-corrected chi connectivity index (χ1v) is 8.05. The Balaban J connectivity index is 1.79. The van der Waals surface area contributed by atoms with Gasteiger partial charge in [-0.15, -0.1) is 0 Å². The highest BCUT2D eigenvalue weighted by Crippen LogP contribution is 2.38. The largest absolute Gasteiger partial charge is 0.268 e. The Kier molecular flexibility index (Phi) is 2.97. The molecule has 1 aliphatic heterocycles. The molecule has 0 N–H and O–H groups in total. The minimum atomic E-state index is -0.485. The van der Waals surface area contributed by atoms with Gasteiger partial charge in [0.2, 0.25) is 0 Å². The summed E-state index contributed by atoms with van der Waals surface area (Å²) in [5.74, 6) is -0.969. The lowest BCUT2D eigenvalue weighted by Crippen LogP contribution is -1.95. The fourth-order valence-corrected chi connectivity index (χ4v) is 3.47. The van der Waals surface area contributed by atoms with Crippen LogP contribution in [0.5, 0.6) is 0 Å². The number of pyridine rings is 1. The van der Waals surface area contributed by atoms with E-state index in [9.17, 15) is 8.78 Å². The molecule has 7 heteroatoms. The Bertz CT molecular complexity index is 1110. The van der Waals surface area contributed by atoms with Crippen molar-refractivity contribution in [3.8, 4) is 22.4 Å². The zero-order chi connectivity index (χ0) is 17.0. The lowest BCUT2D eigenvalue weighted by Gasteiger charge is -2.07. The van der Waals surface area contributed by atoms with Gasteiger partial charge in [0.25, 0.3) is 0 Å². The number of nitrogens with zero attached hydrogens (tertiary/aromatic N) is 5. The molecule has 4 heterocycles. The molecule has 25 heavy (non-hydrogen) atoms. The van der Waals surface area contributed by atoms with E-state index in [1.807, 2.05) is 23.0 Å². The van der Waals surface area contributed by atoms with Gasteiger partial charge in [-0.1, -0.05) is 0 Å². The van der Waals surface area contributed by atoms with Crippen LogP contribution in [0.15, 0.2) is 42.9 Å². The molecule has 0 radical (unpaired) electrons. The smallest absolute Gasteiger partial charge is 0.155 e. The molecule has 0 saturated heterocycles. The number of fused-ring (bicyclic) bond motifs is 2. The van der Waals surface area contributed by atoms with Crippen molar-refractivity contribution >= 4 is 5.65 Å². The molecule has 0 atom stereocenters. The van der Waals surface area contributed by atoms with E-state index in [2.05, 4.69) is 15.2 Å². The van der Waals surface area contributed by atoms with Gasteiger partial charge >= 0.3 is 0 Å². The standard InChI is InChI=1S/C18H13F2N5/c19-12-4-5-14(20)13(8-12)18-17(15-2-1-7-24(15)23-18)11-3-6-16-21-10-22-25(16)9-11/h3-6,8-10H,1-2,7H2. The van der Waals surface area contributed by atoms with E-state index >= 15 is 0 Å². The highest BCUT2D eigenvalue weighted by atomic mass is 19.1. The summed E-state index contributed by atoms with van der Waals surface area (Å²) in [6.45, 7) is 0.783. The average Bonchev–Trinajstić information content (AvgIpc) is 3.30. The topological polar surface area (TPSA) is 48.0 Å². The monoisotopic (exact) mass is 337 g/mol. The van der Waals surface area contributed by atoms with Crippen LogP contribution < -0.4 is 0 Å². The van der Waals surface area contributed by atoms with Crippen LogP contribution in [0.3, 0.4) is 0 Å². The molecular formula is C18H13F2N5. The average molecular weight is 337 g/mol. The van der Waals surface area contributed by atoms with Crippen LogP contribution in [0.25, 0.3) is 28.0 Å². The summed E-state index contributed by atoms with van der Waals surface area (Å²) in [4.78, 5) is 4.14. The molecule has 0 bridgehead atoms. The van der Waals surface area contributed by atoms with Crippen LogP contribution in [0, 0.1) is 11.6 Å². The van der Waals surface area contributed by atoms with E-state index < -0.39 is 11.6 Å². The molecule has 1 aromatic carbocycles. The van der Waals surface area contributed by atoms with Crippen LogP contribution >= 0.6 is 0 Å². The Labute approximate surface area is 141 Å². The molecule has 1 aliphatic rings. The Hall–Kier alpha value is -3.09. The molecule has 0 unspecified atom stereocenters. The maximum Gasteiger partial charge on any atom is 0.155 e. The minimum absolute atomic E-state index is 0.176. The maximum absolute atomic E-state index is 14.4. The van der Waals surface area contributed by atoms with E-state index in [0.717, 1.165) is 54.0 Å². The summed E-state index contributed by atoms with van der Waals surface area (Å²) in [5.41, 5.74) is 4.10. The normalized spacial score (nSPS) is 13.5. The van der Waals surface area contributed by atoms with Gasteiger partial charge in [0.1, 0.15) is 23.7 Å². The lowest BCUT2D eigenvalue weighted by atomic mass is 9.98. The van der Waals surface area contributed by atoms with E-state index in [-0.39, 0.29) is 5.56 Å². The number of hydrogen-bond acceptors (Lipinski definition) is 3. The number of rotatable bonds is 2. The van der Waals surface area contributed by atoms with Crippen molar-refractivity contribution in [3.05, 3.63) is 60.2 Å². The lowest BCUT2D eigenvalue weighted by molar-refractivity contribution is 0.601. The molecule has 0 amide bonds. The third kappa shape index (κ3) is 2.15. The predicted molar refractivity (Wildman–Crippen MR) is 87.9 cm³/mol. The van der Waals surface area contributed by atoms with Crippen LogP contribution in [-0.2, 0) is 13.0 Å². The van der Waals surface area contributed by atoms with Gasteiger partial charge in [0, 0.05) is 35.1 Å². The number of benzene rings is 1. The van der Waals surface area contributed by atoms with Gasteiger partial charge in [-0.25, -0.2) is 18.3 Å². The molecule has 5 nitrogen and oxygen atoms in total. The predicted octanol–water partition coefficient (Wildman–Crippen LogP) is 3.48. The van der Waals surface area contributed by atoms with Crippen molar-refractivity contribution in [2.24, 2.45) is 0 Å². The quantitative estimate of drug-likeness (QED) is 0.563. The second-order valence-corrected chi connectivity index (χ2v) is 6.10. The van der Waals surface area contributed by atoms with E-state index in [1.165, 1.54) is 12.4 Å². The maximum atomic E-state index is 14.4. The molecule has 3 aromatic heterocycles. The van der Waals surface area contributed by atoms with E-state index in [1.54, 1.807) is 4.52 Å². The van der Waals surface area contributed by atoms with Crippen molar-refractivity contribution in [2.45, 2.75) is 19.4 Å². The number of aromatic nitrogens is 5. The van der Waals surface area contributed by atoms with Gasteiger partial charge in [0.05, 0.1) is 0 Å². The van der Waals surface area contributed by atoms with Crippen LogP contribution in [0.1, 0.15) is 12.1 Å². The molecule has 4 aromatic rings. The molecule has 0 fully saturated rings. The van der Waals surface area contributed by atoms with Gasteiger partial charge in [0.15, 0.2) is 5.65 Å². The highest BCUT2D eigenvalue weighted by Gasteiger charge is 2.25. The summed E-state index contributed by atoms with van der Waals surface area (Å²) >= 11 is 0. The molecule has 0 spiro atoms. The Morgan fingerprint density at radius 1 is 1.08 bits per heavy atom. The van der Waals surface area contributed by atoms with Crippen molar-refractivity contribution in [1.29, 1.82) is 0 Å². The van der Waals surface area contributed by atoms with Crippen LogP contribution in [0.4, 0.5) is 8.78 Å². The molecular weight excluding hydrogens is 324 g/mol. The minimum Gasteiger partial charge on any atom is -0.268 e. The highest BCUT2D eigenvalue weighted by molar-refractivity contribution is 5.83. The third-order valence-electron chi connectivity index (χ3n) is 4.59. The van der Waals surface area contributed by atoms with Gasteiger partial charge < -0.3 is 0 Å². The van der Waals surface area contributed by atoms with Crippen molar-refractivity contribution in [1.82, 2.24) is 24.4 Å². The van der Waals surface area contributed by atoms with E-state index in [4.69, 9.17) is 0 Å². The molecule has 0 saturated carbocycles. The third-order valence-corrected chi connectivity index (χ3v) is 4.59. The second kappa shape index (κ2) is 5.20. The SMILES string of the molecule is Fc1ccc(F)c(-c2nn3c(c2-c2ccc4ncnn4c2)CCC3)c1. The zero-order valence-electron chi connectivity index (χ0n) is 13.2. The fourth-order valence-electron chi connectivity index (χ4n) is 3.47. The van der Waals surface area contributed by atoms with Crippen molar-refractivity contribution in [2.75, 3.05) is 0 Å². The molecule has 0 aliphatic carbocycles. The summed E-state index contributed by atoms with van der Waals surface area (Å²) in [7, 11) is 0. The van der Waals surface area contributed by atoms with Crippen molar-refractivity contribution < 1.29 is 8.78 Å². The van der Waals surface area contributed by atoms with Crippen LogP contribution in [0.2, 0.25) is 0 Å². The summed E-state index contributed by atoms with van der Waals surface area (Å²) in [6.07, 6.45) is 5.18. The first-order chi connectivity index (χ1) is 12.2. The van der Waals surface area contributed by atoms with Gasteiger partial charge in [-0.2, -0.15) is 10.2 Å². The Morgan fingerprint density at radius 2 is 2.00 bits per heavy atom. The zero-order valence-corrected chi connectivity index (χ0v) is 13.2. The van der Waals surface area contributed by atoms with Crippen molar-refractivity contribution in [3.63, 3.8) is 0 Å². The molecule has 5 rings (SSSR count). The summed E-state index contributed by atoms with van der Waals surface area (Å²) in [5, 5.41) is 8.73. The van der Waals surface area contributed by atoms with Gasteiger partial charge in [-0.3, -0.25) is 4.68 Å². The fraction of sp³-hybridized carbons (Fsp3) is 0.167. The second-order valence-electron chi connectivity index (χ2n) is 6.10. The molecule has 124 valence electrons. The first-order valence-electron chi connectivity index (χ1n) is 8.05. The number of aryl methyl sites for hydroxylation is 1. The van der Waals surface area contributed by atoms with Crippen LogP contribution in [-0.4, -0.2) is 24.4 Å². The van der Waals surface area contributed by atoms with Gasteiger partial charge in [-0.05, 0) is 43.2 Å². The number of halogens is 2. The van der Waals surface area contributed by atoms with E-state index in [0.29, 0.717) is 5.69 Å². The Morgan fingerprint density at radius 3 is 2.92 bits per heavy atom.